The van der Waals surface area contributed by atoms with Crippen molar-refractivity contribution in [1.29, 1.82) is 0 Å². The quantitative estimate of drug-likeness (QED) is 0.668. The molecule has 0 aliphatic heterocycles. The van der Waals surface area contributed by atoms with Gasteiger partial charge < -0.3 is 11.1 Å². The van der Waals surface area contributed by atoms with Gasteiger partial charge in [0.15, 0.2) is 23.3 Å². The van der Waals surface area contributed by atoms with Crippen LogP contribution in [0.4, 0.5) is 24.7 Å². The van der Waals surface area contributed by atoms with Gasteiger partial charge in [0.2, 0.25) is 0 Å². The van der Waals surface area contributed by atoms with Gasteiger partial charge in [0.25, 0.3) is 0 Å². The molecule has 4 nitrogen and oxygen atoms in total. The molecule has 1 heterocycles. The summed E-state index contributed by atoms with van der Waals surface area (Å²) in [5.74, 6) is -4.16. The van der Waals surface area contributed by atoms with Gasteiger partial charge in [-0.15, -0.1) is 5.10 Å². The minimum Gasteiger partial charge on any atom is -0.389 e. The molecule has 0 unspecified atom stereocenters. The summed E-state index contributed by atoms with van der Waals surface area (Å²) < 4.78 is 39.4. The Bertz CT molecular complexity index is 648. The van der Waals surface area contributed by atoms with Crippen LogP contribution in [0.1, 0.15) is 5.56 Å². The molecule has 19 heavy (non-hydrogen) atoms. The predicted octanol–water partition coefficient (Wildman–Crippen LogP) is 2.27. The molecular weight excluding hydrogens is 277 g/mol. The van der Waals surface area contributed by atoms with Crippen molar-refractivity contribution < 1.29 is 13.2 Å². The Kier molecular flexibility index (Phi) is 3.61. The molecule has 0 saturated carbocycles. The number of rotatable bonds is 3. The fraction of sp³-hybridized carbons (Fsp3) is 0. The van der Waals surface area contributed by atoms with E-state index < -0.39 is 17.5 Å². The summed E-state index contributed by atoms with van der Waals surface area (Å²) in [4.78, 5) is 0.0143. The molecule has 98 valence electrons. The van der Waals surface area contributed by atoms with Crippen LogP contribution in [0, 0.1) is 17.5 Å². The summed E-state index contributed by atoms with van der Waals surface area (Å²) in [6, 6.07) is 3.29. The van der Waals surface area contributed by atoms with E-state index in [2.05, 4.69) is 15.5 Å². The standard InChI is InChI=1S/C11H7F3N4S/c12-6-1-2-7(9(14)8(6)13)17-11-5(10(15)19)3-4-16-18-11/h1-4H,(H2,15,19)(H,17,18). The van der Waals surface area contributed by atoms with Gasteiger partial charge >= 0.3 is 0 Å². The van der Waals surface area contributed by atoms with E-state index in [9.17, 15) is 13.2 Å². The van der Waals surface area contributed by atoms with Crippen LogP contribution in [0.5, 0.6) is 0 Å². The number of halogens is 3. The third-order valence-electron chi connectivity index (χ3n) is 2.27. The third-order valence-corrected chi connectivity index (χ3v) is 2.49. The highest BCUT2D eigenvalue weighted by molar-refractivity contribution is 7.80. The van der Waals surface area contributed by atoms with Crippen LogP contribution >= 0.6 is 12.2 Å². The molecule has 0 atom stereocenters. The van der Waals surface area contributed by atoms with E-state index in [1.165, 1.54) is 12.3 Å². The van der Waals surface area contributed by atoms with Crippen LogP contribution in [0.25, 0.3) is 0 Å². The zero-order valence-electron chi connectivity index (χ0n) is 9.32. The molecule has 2 aromatic rings. The van der Waals surface area contributed by atoms with Gasteiger partial charge in [0.05, 0.1) is 17.4 Å². The number of thiocarbonyl (C=S) groups is 1. The monoisotopic (exact) mass is 284 g/mol. The van der Waals surface area contributed by atoms with Crippen molar-refractivity contribution in [3.8, 4) is 0 Å². The van der Waals surface area contributed by atoms with E-state index in [-0.39, 0.29) is 16.5 Å². The van der Waals surface area contributed by atoms with Crippen molar-refractivity contribution in [1.82, 2.24) is 10.2 Å². The molecule has 2 rings (SSSR count). The highest BCUT2D eigenvalue weighted by atomic mass is 32.1. The zero-order chi connectivity index (χ0) is 14.0. The van der Waals surface area contributed by atoms with Crippen molar-refractivity contribution in [3.05, 3.63) is 47.4 Å². The molecule has 0 bridgehead atoms. The van der Waals surface area contributed by atoms with E-state index in [4.69, 9.17) is 18.0 Å². The maximum absolute atomic E-state index is 13.5. The first-order valence-corrected chi connectivity index (χ1v) is 5.43. The van der Waals surface area contributed by atoms with Crippen LogP contribution in [0.15, 0.2) is 24.4 Å². The van der Waals surface area contributed by atoms with Crippen LogP contribution in [-0.4, -0.2) is 15.2 Å². The second-order valence-corrected chi connectivity index (χ2v) is 3.95. The normalized spacial score (nSPS) is 10.3. The van der Waals surface area contributed by atoms with Crippen LogP contribution in [-0.2, 0) is 0 Å². The average Bonchev–Trinajstić information content (AvgIpc) is 2.40. The lowest BCUT2D eigenvalue weighted by Gasteiger charge is -2.10. The van der Waals surface area contributed by atoms with E-state index >= 15 is 0 Å². The van der Waals surface area contributed by atoms with Gasteiger partial charge in [-0.2, -0.15) is 5.10 Å². The maximum Gasteiger partial charge on any atom is 0.196 e. The molecule has 8 heteroatoms. The molecule has 0 aliphatic rings. The number of hydrogen-bond donors (Lipinski definition) is 2. The summed E-state index contributed by atoms with van der Waals surface area (Å²) in [5, 5.41) is 9.72. The smallest absolute Gasteiger partial charge is 0.196 e. The number of anilines is 2. The summed E-state index contributed by atoms with van der Waals surface area (Å²) >= 11 is 4.79. The number of nitrogens with two attached hydrogens (primary N) is 1. The molecule has 1 aromatic heterocycles. The predicted molar refractivity (Wildman–Crippen MR) is 67.5 cm³/mol. The Morgan fingerprint density at radius 3 is 2.58 bits per heavy atom. The number of benzene rings is 1. The second kappa shape index (κ2) is 5.19. The van der Waals surface area contributed by atoms with Gasteiger partial charge in [0, 0.05) is 0 Å². The molecular formula is C11H7F3N4S. The molecule has 0 aliphatic carbocycles. The molecule has 3 N–H and O–H groups in total. The molecule has 0 radical (unpaired) electrons. The number of hydrogen-bond acceptors (Lipinski definition) is 4. The first kappa shape index (κ1) is 13.2. The number of aromatic nitrogens is 2. The Labute approximate surface area is 111 Å². The van der Waals surface area contributed by atoms with Crippen molar-refractivity contribution in [2.24, 2.45) is 5.73 Å². The van der Waals surface area contributed by atoms with Crippen molar-refractivity contribution in [3.63, 3.8) is 0 Å². The molecule has 0 fully saturated rings. The lowest BCUT2D eigenvalue weighted by Crippen LogP contribution is -2.14. The van der Waals surface area contributed by atoms with Crippen LogP contribution in [0.3, 0.4) is 0 Å². The largest absolute Gasteiger partial charge is 0.389 e. The Balaban J connectivity index is 2.42. The van der Waals surface area contributed by atoms with Crippen molar-refractivity contribution in [2.45, 2.75) is 0 Å². The van der Waals surface area contributed by atoms with Gasteiger partial charge in [0.1, 0.15) is 4.99 Å². The van der Waals surface area contributed by atoms with Gasteiger partial charge in [-0.1, -0.05) is 12.2 Å². The minimum atomic E-state index is -1.58. The van der Waals surface area contributed by atoms with E-state index in [1.807, 2.05) is 0 Å². The average molecular weight is 284 g/mol. The summed E-state index contributed by atoms with van der Waals surface area (Å²) in [6.07, 6.45) is 1.35. The molecule has 0 amide bonds. The lowest BCUT2D eigenvalue weighted by atomic mass is 10.2. The van der Waals surface area contributed by atoms with Gasteiger partial charge in [-0.05, 0) is 18.2 Å². The minimum absolute atomic E-state index is 0.0143. The summed E-state index contributed by atoms with van der Waals surface area (Å²) in [5.41, 5.74) is 5.48. The van der Waals surface area contributed by atoms with Gasteiger partial charge in [-0.25, -0.2) is 13.2 Å². The Hall–Kier alpha value is -2.22. The lowest BCUT2D eigenvalue weighted by molar-refractivity contribution is 0.449. The number of nitrogens with zero attached hydrogens (tertiary/aromatic N) is 2. The number of nitrogens with one attached hydrogen (secondary N) is 1. The van der Waals surface area contributed by atoms with Crippen molar-refractivity contribution >= 4 is 28.7 Å². The van der Waals surface area contributed by atoms with Gasteiger partial charge in [-0.3, -0.25) is 0 Å². The fourth-order valence-electron chi connectivity index (χ4n) is 1.37. The van der Waals surface area contributed by atoms with E-state index in [1.54, 1.807) is 0 Å². The Morgan fingerprint density at radius 2 is 1.89 bits per heavy atom. The van der Waals surface area contributed by atoms with E-state index in [0.29, 0.717) is 5.56 Å². The first-order valence-electron chi connectivity index (χ1n) is 5.02. The third kappa shape index (κ3) is 2.63. The molecule has 0 saturated heterocycles. The van der Waals surface area contributed by atoms with Crippen molar-refractivity contribution in [2.75, 3.05) is 5.32 Å². The van der Waals surface area contributed by atoms with Crippen LogP contribution in [0.2, 0.25) is 0 Å². The zero-order valence-corrected chi connectivity index (χ0v) is 10.1. The summed E-state index contributed by atoms with van der Waals surface area (Å²) in [6.45, 7) is 0. The van der Waals surface area contributed by atoms with Crippen LogP contribution < -0.4 is 11.1 Å². The first-order chi connectivity index (χ1) is 9.00. The summed E-state index contributed by atoms with van der Waals surface area (Å²) in [7, 11) is 0. The van der Waals surface area contributed by atoms with E-state index in [0.717, 1.165) is 12.1 Å². The maximum atomic E-state index is 13.5. The highest BCUT2D eigenvalue weighted by Crippen LogP contribution is 2.23. The molecule has 1 aromatic carbocycles. The fourth-order valence-corrected chi connectivity index (χ4v) is 1.54. The SMILES string of the molecule is NC(=S)c1ccnnc1Nc1ccc(F)c(F)c1F. The Morgan fingerprint density at radius 1 is 1.16 bits per heavy atom. The molecule has 0 spiro atoms. The highest BCUT2D eigenvalue weighted by Gasteiger charge is 2.15. The topological polar surface area (TPSA) is 63.8 Å². The second-order valence-electron chi connectivity index (χ2n) is 3.51.